The lowest BCUT2D eigenvalue weighted by Gasteiger charge is -2.34. The highest BCUT2D eigenvalue weighted by molar-refractivity contribution is 5.85. The minimum atomic E-state index is -2.40. The lowest BCUT2D eigenvalue weighted by Crippen LogP contribution is -2.41. The molecule has 2 nitrogen and oxygen atoms in total. The molecule has 0 radical (unpaired) electrons. The fourth-order valence-corrected chi connectivity index (χ4v) is 3.37. The maximum atomic E-state index is 13.3. The second kappa shape index (κ2) is 7.01. The molecule has 0 aromatic rings. The number of likely N-dealkylation sites (tertiary alicyclic amines) is 1. The first-order valence-electron chi connectivity index (χ1n) is 6.87. The second-order valence-electron chi connectivity index (χ2n) is 5.67. The van der Waals surface area contributed by atoms with E-state index in [0.717, 1.165) is 26.1 Å². The maximum Gasteiger partial charge on any atom is 0.248 e. The normalized spacial score (nSPS) is 32.2. The average Bonchev–Trinajstić information content (AvgIpc) is 2.65. The van der Waals surface area contributed by atoms with Gasteiger partial charge >= 0.3 is 0 Å². The van der Waals surface area contributed by atoms with Crippen LogP contribution in [0, 0.1) is 5.92 Å². The van der Waals surface area contributed by atoms with Crippen molar-refractivity contribution in [2.45, 2.75) is 50.5 Å². The van der Waals surface area contributed by atoms with Crippen LogP contribution in [-0.4, -0.2) is 43.5 Å². The van der Waals surface area contributed by atoms with Crippen molar-refractivity contribution < 1.29 is 8.78 Å². The van der Waals surface area contributed by atoms with Crippen molar-refractivity contribution in [2.75, 3.05) is 26.7 Å². The van der Waals surface area contributed by atoms with Crippen LogP contribution in [0.2, 0.25) is 0 Å². The summed E-state index contributed by atoms with van der Waals surface area (Å²) in [7, 11) is 1.96. The zero-order chi connectivity index (χ0) is 12.3. The number of hydrogen-bond acceptors (Lipinski definition) is 2. The summed E-state index contributed by atoms with van der Waals surface area (Å²) in [4.78, 5) is 2.42. The molecule has 0 aromatic carbocycles. The quantitative estimate of drug-likeness (QED) is 0.853. The SMILES string of the molecule is CNCC1CCCN1CC1CCCC(F)(F)C1.Cl. The van der Waals surface area contributed by atoms with Crippen molar-refractivity contribution in [3.05, 3.63) is 0 Å². The zero-order valence-corrected chi connectivity index (χ0v) is 11.9. The Kier molecular flexibility index (Phi) is 6.28. The number of likely N-dealkylation sites (N-methyl/N-ethyl adjacent to an activating group) is 1. The second-order valence-corrected chi connectivity index (χ2v) is 5.67. The van der Waals surface area contributed by atoms with E-state index in [9.17, 15) is 8.78 Å². The molecule has 1 heterocycles. The number of nitrogens with zero attached hydrogens (tertiary/aromatic N) is 1. The van der Waals surface area contributed by atoms with Crippen molar-refractivity contribution in [1.82, 2.24) is 10.2 Å². The molecule has 2 unspecified atom stereocenters. The number of alkyl halides is 2. The van der Waals surface area contributed by atoms with E-state index in [1.165, 1.54) is 12.8 Å². The molecular formula is C13H25ClF2N2. The Morgan fingerprint density at radius 2 is 2.06 bits per heavy atom. The van der Waals surface area contributed by atoms with Crippen LogP contribution in [0.5, 0.6) is 0 Å². The first-order valence-corrected chi connectivity index (χ1v) is 6.87. The first-order chi connectivity index (χ1) is 8.11. The summed E-state index contributed by atoms with van der Waals surface area (Å²) in [6.45, 7) is 2.96. The van der Waals surface area contributed by atoms with Crippen molar-refractivity contribution in [2.24, 2.45) is 5.92 Å². The van der Waals surface area contributed by atoms with Crippen LogP contribution in [0.25, 0.3) is 0 Å². The van der Waals surface area contributed by atoms with E-state index < -0.39 is 5.92 Å². The summed E-state index contributed by atoms with van der Waals surface area (Å²) in [6, 6.07) is 0.565. The third-order valence-electron chi connectivity index (χ3n) is 4.17. The molecule has 0 aromatic heterocycles. The Hall–Kier alpha value is 0.0700. The van der Waals surface area contributed by atoms with Gasteiger partial charge in [-0.25, -0.2) is 8.78 Å². The van der Waals surface area contributed by atoms with Gasteiger partial charge in [0, 0.05) is 32.0 Å². The van der Waals surface area contributed by atoms with E-state index in [0.29, 0.717) is 12.5 Å². The van der Waals surface area contributed by atoms with E-state index >= 15 is 0 Å². The summed E-state index contributed by atoms with van der Waals surface area (Å²) >= 11 is 0. The van der Waals surface area contributed by atoms with E-state index in [1.807, 2.05) is 7.05 Å². The topological polar surface area (TPSA) is 15.3 Å². The average molecular weight is 283 g/mol. The van der Waals surface area contributed by atoms with Crippen molar-refractivity contribution >= 4 is 12.4 Å². The van der Waals surface area contributed by atoms with Crippen LogP contribution in [0.3, 0.4) is 0 Å². The van der Waals surface area contributed by atoms with Gasteiger partial charge in [0.25, 0.3) is 0 Å². The monoisotopic (exact) mass is 282 g/mol. The van der Waals surface area contributed by atoms with Crippen LogP contribution in [0.1, 0.15) is 38.5 Å². The lowest BCUT2D eigenvalue weighted by atomic mass is 9.86. The van der Waals surface area contributed by atoms with Crippen LogP contribution in [-0.2, 0) is 0 Å². The van der Waals surface area contributed by atoms with Crippen molar-refractivity contribution in [3.63, 3.8) is 0 Å². The molecule has 0 spiro atoms. The summed E-state index contributed by atoms with van der Waals surface area (Å²) in [6.07, 6.45) is 4.32. The highest BCUT2D eigenvalue weighted by atomic mass is 35.5. The molecular weight excluding hydrogens is 258 g/mol. The van der Waals surface area contributed by atoms with Gasteiger partial charge in [-0.1, -0.05) is 0 Å². The molecule has 2 atom stereocenters. The number of rotatable bonds is 4. The maximum absolute atomic E-state index is 13.3. The third kappa shape index (κ3) is 4.32. The molecule has 108 valence electrons. The van der Waals surface area contributed by atoms with Crippen LogP contribution >= 0.6 is 12.4 Å². The largest absolute Gasteiger partial charge is 0.318 e. The molecule has 1 aliphatic heterocycles. The Balaban J connectivity index is 0.00000162. The van der Waals surface area contributed by atoms with Gasteiger partial charge < -0.3 is 5.32 Å². The Labute approximate surface area is 115 Å². The molecule has 2 fully saturated rings. The van der Waals surface area contributed by atoms with Gasteiger partial charge in [-0.05, 0) is 45.2 Å². The molecule has 5 heteroatoms. The smallest absolute Gasteiger partial charge is 0.248 e. The van der Waals surface area contributed by atoms with E-state index in [2.05, 4.69) is 10.2 Å². The van der Waals surface area contributed by atoms with Gasteiger partial charge in [0.1, 0.15) is 0 Å². The molecule has 0 bridgehead atoms. The van der Waals surface area contributed by atoms with Crippen LogP contribution in [0.4, 0.5) is 8.78 Å². The first kappa shape index (κ1) is 16.1. The fraction of sp³-hybridized carbons (Fsp3) is 1.00. The van der Waals surface area contributed by atoms with Crippen LogP contribution in [0.15, 0.2) is 0 Å². The lowest BCUT2D eigenvalue weighted by molar-refractivity contribution is -0.0573. The molecule has 0 amide bonds. The van der Waals surface area contributed by atoms with Gasteiger partial charge in [0.2, 0.25) is 5.92 Å². The fourth-order valence-electron chi connectivity index (χ4n) is 3.37. The summed E-state index contributed by atoms with van der Waals surface area (Å²) in [5, 5.41) is 3.20. The number of nitrogens with one attached hydrogen (secondary N) is 1. The predicted molar refractivity (Wildman–Crippen MR) is 72.7 cm³/mol. The van der Waals surface area contributed by atoms with Gasteiger partial charge in [0.05, 0.1) is 0 Å². The van der Waals surface area contributed by atoms with Crippen molar-refractivity contribution in [1.29, 1.82) is 0 Å². The molecule has 1 N–H and O–H groups in total. The molecule has 1 saturated carbocycles. The molecule has 1 aliphatic carbocycles. The Morgan fingerprint density at radius 1 is 1.28 bits per heavy atom. The van der Waals surface area contributed by atoms with E-state index in [-0.39, 0.29) is 31.2 Å². The van der Waals surface area contributed by atoms with E-state index in [1.54, 1.807) is 0 Å². The van der Waals surface area contributed by atoms with E-state index in [4.69, 9.17) is 0 Å². The predicted octanol–water partition coefficient (Wildman–Crippen LogP) is 2.92. The molecule has 1 saturated heterocycles. The third-order valence-corrected chi connectivity index (χ3v) is 4.17. The minimum Gasteiger partial charge on any atom is -0.318 e. The summed E-state index contributed by atoms with van der Waals surface area (Å²) in [5.74, 6) is -2.20. The zero-order valence-electron chi connectivity index (χ0n) is 11.1. The number of hydrogen-bond donors (Lipinski definition) is 1. The molecule has 18 heavy (non-hydrogen) atoms. The Morgan fingerprint density at radius 3 is 2.72 bits per heavy atom. The molecule has 2 rings (SSSR count). The van der Waals surface area contributed by atoms with Gasteiger partial charge in [0.15, 0.2) is 0 Å². The minimum absolute atomic E-state index is 0. The number of halogens is 3. The molecule has 2 aliphatic rings. The summed E-state index contributed by atoms with van der Waals surface area (Å²) in [5.41, 5.74) is 0. The van der Waals surface area contributed by atoms with Gasteiger partial charge in [-0.2, -0.15) is 0 Å². The van der Waals surface area contributed by atoms with Crippen molar-refractivity contribution in [3.8, 4) is 0 Å². The van der Waals surface area contributed by atoms with Gasteiger partial charge in [-0.3, -0.25) is 4.90 Å². The Bertz CT molecular complexity index is 251. The highest BCUT2D eigenvalue weighted by Crippen LogP contribution is 2.37. The van der Waals surface area contributed by atoms with Crippen LogP contribution < -0.4 is 5.32 Å². The summed E-state index contributed by atoms with van der Waals surface area (Å²) < 4.78 is 26.7. The van der Waals surface area contributed by atoms with Gasteiger partial charge in [-0.15, -0.1) is 12.4 Å². The standard InChI is InChI=1S/C13H24F2N2.ClH/c1-16-9-12-5-3-7-17(12)10-11-4-2-6-13(14,15)8-11;/h11-12,16H,2-10H2,1H3;1H. The highest BCUT2D eigenvalue weighted by Gasteiger charge is 2.37.